The molecule has 7 heteroatoms. The normalized spacial score (nSPS) is 15.4. The minimum absolute atomic E-state index is 0.0533. The van der Waals surface area contributed by atoms with Crippen LogP contribution in [0.25, 0.3) is 10.9 Å². The molecule has 27 heavy (non-hydrogen) atoms. The van der Waals surface area contributed by atoms with Crippen molar-refractivity contribution >= 4 is 44.1 Å². The second kappa shape index (κ2) is 7.58. The zero-order chi connectivity index (χ0) is 19.0. The molecule has 0 spiro atoms. The summed E-state index contributed by atoms with van der Waals surface area (Å²) in [5, 5.41) is 0.829. The quantitative estimate of drug-likeness (QED) is 0.620. The third-order valence-electron chi connectivity index (χ3n) is 5.05. The standard InChI is InChI=1S/C20H20BrN3O2S/c1-22-17-5-3-2-4-15(17)16(12-19(22)25)20(26)24-10-8-23(9-11-24)13-14-6-7-18(21)27-14/h2-7,12H,8-11,13H2,1H3. The molecule has 3 heterocycles. The monoisotopic (exact) mass is 445 g/mol. The highest BCUT2D eigenvalue weighted by Gasteiger charge is 2.24. The van der Waals surface area contributed by atoms with Crippen molar-refractivity contribution in [1.82, 2.24) is 14.4 Å². The molecule has 1 aliphatic rings. The van der Waals surface area contributed by atoms with Crippen LogP contribution in [0.3, 0.4) is 0 Å². The lowest BCUT2D eigenvalue weighted by Crippen LogP contribution is -2.48. The van der Waals surface area contributed by atoms with E-state index in [9.17, 15) is 9.59 Å². The highest BCUT2D eigenvalue weighted by atomic mass is 79.9. The lowest BCUT2D eigenvalue weighted by Gasteiger charge is -2.34. The number of aryl methyl sites for hydroxylation is 1. The molecule has 5 nitrogen and oxygen atoms in total. The van der Waals surface area contributed by atoms with Gasteiger partial charge in [-0.2, -0.15) is 0 Å². The fourth-order valence-corrected chi connectivity index (χ4v) is 5.05. The van der Waals surface area contributed by atoms with Crippen molar-refractivity contribution in [2.45, 2.75) is 6.54 Å². The van der Waals surface area contributed by atoms with E-state index in [0.717, 1.165) is 34.3 Å². The first kappa shape index (κ1) is 18.4. The Balaban J connectivity index is 1.51. The predicted molar refractivity (Wildman–Crippen MR) is 112 cm³/mol. The average molecular weight is 446 g/mol. The number of aromatic nitrogens is 1. The van der Waals surface area contributed by atoms with Crippen molar-refractivity contribution in [3.05, 3.63) is 67.0 Å². The van der Waals surface area contributed by atoms with Gasteiger partial charge in [0, 0.05) is 56.1 Å². The topological polar surface area (TPSA) is 45.6 Å². The Morgan fingerprint density at radius 1 is 1.11 bits per heavy atom. The number of amides is 1. The Kier molecular flexibility index (Phi) is 5.16. The van der Waals surface area contributed by atoms with Crippen LogP contribution >= 0.6 is 27.3 Å². The molecular weight excluding hydrogens is 426 g/mol. The second-order valence-electron chi connectivity index (χ2n) is 6.75. The van der Waals surface area contributed by atoms with Crippen molar-refractivity contribution in [1.29, 1.82) is 0 Å². The molecular formula is C20H20BrN3O2S. The number of carbonyl (C=O) groups excluding carboxylic acids is 1. The lowest BCUT2D eigenvalue weighted by atomic mass is 10.1. The molecule has 0 unspecified atom stereocenters. The largest absolute Gasteiger partial charge is 0.336 e. The van der Waals surface area contributed by atoms with Crippen LogP contribution in [0.4, 0.5) is 0 Å². The molecule has 0 bridgehead atoms. The van der Waals surface area contributed by atoms with Gasteiger partial charge in [0.15, 0.2) is 0 Å². The van der Waals surface area contributed by atoms with Gasteiger partial charge in [0.2, 0.25) is 0 Å². The summed E-state index contributed by atoms with van der Waals surface area (Å²) in [7, 11) is 1.74. The first-order valence-electron chi connectivity index (χ1n) is 8.87. The van der Waals surface area contributed by atoms with Crippen LogP contribution in [-0.4, -0.2) is 46.5 Å². The van der Waals surface area contributed by atoms with Gasteiger partial charge >= 0.3 is 0 Å². The number of nitrogens with zero attached hydrogens (tertiary/aromatic N) is 3. The number of para-hydroxylation sites is 1. The summed E-state index contributed by atoms with van der Waals surface area (Å²) < 4.78 is 2.73. The minimum atomic E-state index is -0.154. The summed E-state index contributed by atoms with van der Waals surface area (Å²) >= 11 is 5.25. The number of fused-ring (bicyclic) bond motifs is 1. The number of benzene rings is 1. The fourth-order valence-electron chi connectivity index (χ4n) is 3.52. The van der Waals surface area contributed by atoms with Crippen LogP contribution in [0, 0.1) is 0 Å². The van der Waals surface area contributed by atoms with Gasteiger partial charge in [-0.05, 0) is 34.1 Å². The van der Waals surface area contributed by atoms with Crippen molar-refractivity contribution < 1.29 is 4.79 Å². The summed E-state index contributed by atoms with van der Waals surface area (Å²) in [5.41, 5.74) is 1.14. The Labute approximate surface area is 169 Å². The van der Waals surface area contributed by atoms with E-state index in [0.29, 0.717) is 18.7 Å². The van der Waals surface area contributed by atoms with E-state index in [-0.39, 0.29) is 11.5 Å². The highest BCUT2D eigenvalue weighted by Crippen LogP contribution is 2.24. The molecule has 1 saturated heterocycles. The van der Waals surface area contributed by atoms with E-state index >= 15 is 0 Å². The molecule has 0 saturated carbocycles. The predicted octanol–water partition coefficient (Wildman–Crippen LogP) is 3.32. The maximum Gasteiger partial charge on any atom is 0.254 e. The van der Waals surface area contributed by atoms with E-state index in [2.05, 4.69) is 33.0 Å². The van der Waals surface area contributed by atoms with Gasteiger partial charge in [-0.15, -0.1) is 11.3 Å². The van der Waals surface area contributed by atoms with Gasteiger partial charge in [-0.25, -0.2) is 0 Å². The molecule has 0 N–H and O–H groups in total. The molecule has 4 rings (SSSR count). The fraction of sp³-hybridized carbons (Fsp3) is 0.300. The SMILES string of the molecule is Cn1c(=O)cc(C(=O)N2CCN(Cc3ccc(Br)s3)CC2)c2ccccc21. The van der Waals surface area contributed by atoms with Gasteiger partial charge < -0.3 is 9.47 Å². The molecule has 140 valence electrons. The van der Waals surface area contributed by atoms with Gasteiger partial charge in [0.1, 0.15) is 0 Å². The third kappa shape index (κ3) is 3.72. The summed E-state index contributed by atoms with van der Waals surface area (Å²) in [6.45, 7) is 3.94. The van der Waals surface area contributed by atoms with Crippen LogP contribution in [-0.2, 0) is 13.6 Å². The first-order valence-corrected chi connectivity index (χ1v) is 10.5. The van der Waals surface area contributed by atoms with Crippen LogP contribution in [0.1, 0.15) is 15.2 Å². The molecule has 0 atom stereocenters. The number of rotatable bonds is 3. The zero-order valence-electron chi connectivity index (χ0n) is 15.0. The molecule has 2 aromatic heterocycles. The van der Waals surface area contributed by atoms with Crippen molar-refractivity contribution in [3.63, 3.8) is 0 Å². The van der Waals surface area contributed by atoms with E-state index in [1.54, 1.807) is 23.0 Å². The van der Waals surface area contributed by atoms with Gasteiger partial charge in [0.05, 0.1) is 14.9 Å². The van der Waals surface area contributed by atoms with Gasteiger partial charge in [-0.3, -0.25) is 14.5 Å². The molecule has 1 fully saturated rings. The number of hydrogen-bond donors (Lipinski definition) is 0. The van der Waals surface area contributed by atoms with Crippen LogP contribution < -0.4 is 5.56 Å². The number of carbonyl (C=O) groups is 1. The molecule has 1 amide bonds. The van der Waals surface area contributed by atoms with E-state index < -0.39 is 0 Å². The molecule has 3 aromatic rings. The van der Waals surface area contributed by atoms with Crippen molar-refractivity contribution in [2.24, 2.45) is 7.05 Å². The van der Waals surface area contributed by atoms with Gasteiger partial charge in [0.25, 0.3) is 11.5 Å². The molecule has 1 aliphatic heterocycles. The number of piperazine rings is 1. The maximum atomic E-state index is 13.1. The van der Waals surface area contributed by atoms with Crippen LogP contribution in [0.2, 0.25) is 0 Å². The van der Waals surface area contributed by atoms with E-state index in [1.807, 2.05) is 29.2 Å². The number of pyridine rings is 1. The Morgan fingerprint density at radius 2 is 1.85 bits per heavy atom. The zero-order valence-corrected chi connectivity index (χ0v) is 17.4. The molecule has 0 aliphatic carbocycles. The molecule has 1 aromatic carbocycles. The van der Waals surface area contributed by atoms with Crippen molar-refractivity contribution in [2.75, 3.05) is 26.2 Å². The highest BCUT2D eigenvalue weighted by molar-refractivity contribution is 9.11. The van der Waals surface area contributed by atoms with E-state index in [4.69, 9.17) is 0 Å². The van der Waals surface area contributed by atoms with Crippen LogP contribution in [0.15, 0.2) is 51.0 Å². The Bertz CT molecular complexity index is 1050. The summed E-state index contributed by atoms with van der Waals surface area (Å²) in [6, 6.07) is 13.3. The summed E-state index contributed by atoms with van der Waals surface area (Å²) in [4.78, 5) is 30.9. The first-order chi connectivity index (χ1) is 13.0. The average Bonchev–Trinajstić information content (AvgIpc) is 3.09. The van der Waals surface area contributed by atoms with Crippen LogP contribution in [0.5, 0.6) is 0 Å². The smallest absolute Gasteiger partial charge is 0.254 e. The number of thiophene rings is 1. The summed E-state index contributed by atoms with van der Waals surface area (Å²) in [6.07, 6.45) is 0. The third-order valence-corrected chi connectivity index (χ3v) is 6.66. The van der Waals surface area contributed by atoms with Crippen molar-refractivity contribution in [3.8, 4) is 0 Å². The van der Waals surface area contributed by atoms with E-state index in [1.165, 1.54) is 10.9 Å². The maximum absolute atomic E-state index is 13.1. The lowest BCUT2D eigenvalue weighted by molar-refractivity contribution is 0.0631. The second-order valence-corrected chi connectivity index (χ2v) is 9.29. The Hall–Kier alpha value is -1.96. The Morgan fingerprint density at radius 3 is 2.56 bits per heavy atom. The molecule has 0 radical (unpaired) electrons. The minimum Gasteiger partial charge on any atom is -0.336 e. The van der Waals surface area contributed by atoms with Gasteiger partial charge in [-0.1, -0.05) is 18.2 Å². The summed E-state index contributed by atoms with van der Waals surface area (Å²) in [5.74, 6) is -0.0533. The number of hydrogen-bond acceptors (Lipinski definition) is 4. The number of halogens is 1.